The number of aromatic nitrogens is 1. The fourth-order valence-electron chi connectivity index (χ4n) is 1.35. The van der Waals surface area contributed by atoms with Gasteiger partial charge in [0.05, 0.1) is 6.20 Å². The fourth-order valence-corrected chi connectivity index (χ4v) is 3.76. The second-order valence-corrected chi connectivity index (χ2v) is 7.81. The fraction of sp³-hybridized carbons (Fsp3) is 0.700. The molecule has 0 spiro atoms. The first-order valence-corrected chi connectivity index (χ1v) is 8.44. The molecule has 2 rings (SSSR count). The molecule has 1 heterocycles. The smallest absolute Gasteiger partial charge is 0.251 e. The number of nitrogens with one attached hydrogen (secondary N) is 1. The van der Waals surface area contributed by atoms with Gasteiger partial charge in [-0.25, -0.2) is 18.1 Å². The van der Waals surface area contributed by atoms with Gasteiger partial charge in [-0.05, 0) is 25.2 Å². The van der Waals surface area contributed by atoms with Crippen LogP contribution in [0.15, 0.2) is 10.4 Å². The zero-order valence-corrected chi connectivity index (χ0v) is 12.2. The highest BCUT2D eigenvalue weighted by Gasteiger charge is 2.21. The molecule has 0 unspecified atom stereocenters. The molecule has 1 aromatic heterocycles. The molecular formula is C10H15ClN2O3S2. The summed E-state index contributed by atoms with van der Waals surface area (Å²) in [5.41, 5.74) is 0. The molecule has 8 heteroatoms. The van der Waals surface area contributed by atoms with E-state index in [9.17, 15) is 8.42 Å². The third-order valence-electron chi connectivity index (χ3n) is 2.53. The van der Waals surface area contributed by atoms with Gasteiger partial charge in [0.1, 0.15) is 0 Å². The molecule has 0 amide bonds. The summed E-state index contributed by atoms with van der Waals surface area (Å²) in [5.74, 6) is 0.737. The van der Waals surface area contributed by atoms with Crippen LogP contribution in [0.3, 0.4) is 0 Å². The van der Waals surface area contributed by atoms with E-state index in [1.165, 1.54) is 19.0 Å². The second-order valence-electron chi connectivity index (χ2n) is 4.20. The number of ether oxygens (including phenoxy) is 1. The van der Waals surface area contributed by atoms with Gasteiger partial charge in [0.15, 0.2) is 8.68 Å². The van der Waals surface area contributed by atoms with Crippen molar-refractivity contribution in [2.24, 2.45) is 5.92 Å². The zero-order chi connectivity index (χ0) is 13.0. The topological polar surface area (TPSA) is 68.3 Å². The molecule has 0 saturated heterocycles. The predicted molar refractivity (Wildman–Crippen MR) is 70.5 cm³/mol. The van der Waals surface area contributed by atoms with Gasteiger partial charge in [0.2, 0.25) is 0 Å². The SMILES string of the molecule is O=S(=O)(NCCCOCC1CC1)c1cnc(Cl)s1. The maximum atomic E-state index is 11.8. The minimum absolute atomic E-state index is 0.145. The quantitative estimate of drug-likeness (QED) is 0.745. The van der Waals surface area contributed by atoms with Gasteiger partial charge < -0.3 is 4.74 Å². The number of sulfonamides is 1. The van der Waals surface area contributed by atoms with Crippen LogP contribution in [-0.2, 0) is 14.8 Å². The van der Waals surface area contributed by atoms with Crippen LogP contribution in [0, 0.1) is 5.92 Å². The number of hydrogen-bond acceptors (Lipinski definition) is 5. The predicted octanol–water partition coefficient (Wildman–Crippen LogP) is 1.89. The van der Waals surface area contributed by atoms with Crippen LogP contribution >= 0.6 is 22.9 Å². The lowest BCUT2D eigenvalue weighted by atomic mass is 10.4. The first-order chi connectivity index (χ1) is 8.58. The van der Waals surface area contributed by atoms with E-state index in [0.29, 0.717) is 19.6 Å². The summed E-state index contributed by atoms with van der Waals surface area (Å²) in [6, 6.07) is 0. The van der Waals surface area contributed by atoms with Crippen LogP contribution in [-0.4, -0.2) is 33.2 Å². The third-order valence-corrected chi connectivity index (χ3v) is 5.57. The van der Waals surface area contributed by atoms with E-state index in [4.69, 9.17) is 16.3 Å². The molecule has 0 aromatic carbocycles. The molecule has 5 nitrogen and oxygen atoms in total. The van der Waals surface area contributed by atoms with Gasteiger partial charge in [0, 0.05) is 19.8 Å². The number of hydrogen-bond donors (Lipinski definition) is 1. The molecule has 0 bridgehead atoms. The van der Waals surface area contributed by atoms with Gasteiger partial charge >= 0.3 is 0 Å². The average molecular weight is 311 g/mol. The lowest BCUT2D eigenvalue weighted by Gasteiger charge is -2.05. The molecule has 1 N–H and O–H groups in total. The number of nitrogens with zero attached hydrogens (tertiary/aromatic N) is 1. The highest BCUT2D eigenvalue weighted by molar-refractivity contribution is 7.91. The Balaban J connectivity index is 1.65. The molecule has 0 radical (unpaired) electrons. The van der Waals surface area contributed by atoms with Crippen molar-refractivity contribution in [1.29, 1.82) is 0 Å². The van der Waals surface area contributed by atoms with Crippen molar-refractivity contribution in [3.8, 4) is 0 Å². The highest BCUT2D eigenvalue weighted by atomic mass is 35.5. The minimum atomic E-state index is -3.46. The van der Waals surface area contributed by atoms with E-state index in [0.717, 1.165) is 23.9 Å². The molecule has 1 aromatic rings. The van der Waals surface area contributed by atoms with Gasteiger partial charge in [-0.1, -0.05) is 22.9 Å². The Labute approximate surface area is 116 Å². The Morgan fingerprint density at radius 1 is 1.56 bits per heavy atom. The molecule has 1 aliphatic carbocycles. The Bertz CT molecular complexity index is 485. The lowest BCUT2D eigenvalue weighted by Crippen LogP contribution is -2.25. The van der Waals surface area contributed by atoms with Crippen molar-refractivity contribution in [2.45, 2.75) is 23.5 Å². The molecule has 0 atom stereocenters. The highest BCUT2D eigenvalue weighted by Crippen LogP contribution is 2.28. The third kappa shape index (κ3) is 4.47. The van der Waals surface area contributed by atoms with Crippen molar-refractivity contribution >= 4 is 33.0 Å². The van der Waals surface area contributed by atoms with Crippen molar-refractivity contribution in [1.82, 2.24) is 9.71 Å². The van der Waals surface area contributed by atoms with Crippen LogP contribution in [0.2, 0.25) is 4.47 Å². The van der Waals surface area contributed by atoms with Crippen LogP contribution < -0.4 is 4.72 Å². The van der Waals surface area contributed by atoms with Crippen LogP contribution in [0.1, 0.15) is 19.3 Å². The summed E-state index contributed by atoms with van der Waals surface area (Å²) >= 11 is 6.55. The summed E-state index contributed by atoms with van der Waals surface area (Å²) in [7, 11) is -3.46. The molecule has 102 valence electrons. The van der Waals surface area contributed by atoms with E-state index < -0.39 is 10.0 Å². The Hall–Kier alpha value is -0.210. The van der Waals surface area contributed by atoms with E-state index in [1.807, 2.05) is 0 Å². The van der Waals surface area contributed by atoms with Crippen LogP contribution in [0.5, 0.6) is 0 Å². The van der Waals surface area contributed by atoms with E-state index in [1.54, 1.807) is 0 Å². The largest absolute Gasteiger partial charge is 0.381 e. The summed E-state index contributed by atoms with van der Waals surface area (Å²) in [6.07, 6.45) is 4.45. The first-order valence-electron chi connectivity index (χ1n) is 5.76. The van der Waals surface area contributed by atoms with Crippen LogP contribution in [0.4, 0.5) is 0 Å². The number of rotatable bonds is 8. The normalized spacial score (nSPS) is 16.1. The Morgan fingerprint density at radius 3 is 2.94 bits per heavy atom. The maximum Gasteiger partial charge on any atom is 0.251 e. The average Bonchev–Trinajstić information content (AvgIpc) is 3.03. The summed E-state index contributed by atoms with van der Waals surface area (Å²) in [4.78, 5) is 3.71. The summed E-state index contributed by atoms with van der Waals surface area (Å²) < 4.78 is 31.8. The summed E-state index contributed by atoms with van der Waals surface area (Å²) in [6.45, 7) is 1.75. The second kappa shape index (κ2) is 6.29. The van der Waals surface area contributed by atoms with Gasteiger partial charge in [-0.3, -0.25) is 0 Å². The van der Waals surface area contributed by atoms with Crippen molar-refractivity contribution < 1.29 is 13.2 Å². The Morgan fingerprint density at radius 2 is 2.33 bits per heavy atom. The van der Waals surface area contributed by atoms with Gasteiger partial charge in [-0.2, -0.15) is 0 Å². The molecule has 1 saturated carbocycles. The van der Waals surface area contributed by atoms with Gasteiger partial charge in [0.25, 0.3) is 10.0 Å². The summed E-state index contributed by atoms with van der Waals surface area (Å²) in [5, 5.41) is 0. The van der Waals surface area contributed by atoms with Crippen molar-refractivity contribution in [3.05, 3.63) is 10.7 Å². The lowest BCUT2D eigenvalue weighted by molar-refractivity contribution is 0.123. The monoisotopic (exact) mass is 310 g/mol. The number of halogens is 1. The van der Waals surface area contributed by atoms with E-state index in [-0.39, 0.29) is 8.68 Å². The molecule has 18 heavy (non-hydrogen) atoms. The van der Waals surface area contributed by atoms with Gasteiger partial charge in [-0.15, -0.1) is 0 Å². The minimum Gasteiger partial charge on any atom is -0.381 e. The van der Waals surface area contributed by atoms with Crippen molar-refractivity contribution in [2.75, 3.05) is 19.8 Å². The zero-order valence-electron chi connectivity index (χ0n) is 9.76. The standard InChI is InChI=1S/C10H15ClN2O3S2/c11-10-12-6-9(17-10)18(14,15)13-4-1-5-16-7-8-2-3-8/h6,8,13H,1-5,7H2. The Kier molecular flexibility index (Phi) is 4.97. The molecular weight excluding hydrogens is 296 g/mol. The van der Waals surface area contributed by atoms with Crippen LogP contribution in [0.25, 0.3) is 0 Å². The van der Waals surface area contributed by atoms with E-state index in [2.05, 4.69) is 9.71 Å². The van der Waals surface area contributed by atoms with Crippen molar-refractivity contribution in [3.63, 3.8) is 0 Å². The van der Waals surface area contributed by atoms with E-state index >= 15 is 0 Å². The first kappa shape index (κ1) is 14.2. The maximum absolute atomic E-state index is 11.8. The molecule has 1 aliphatic rings. The number of thiazole rings is 1. The molecule has 0 aliphatic heterocycles. The molecule has 1 fully saturated rings.